The molecule has 46 heavy (non-hydrogen) atoms. The molecule has 0 aliphatic carbocycles. The van der Waals surface area contributed by atoms with Gasteiger partial charge in [0.25, 0.3) is 11.8 Å². The van der Waals surface area contributed by atoms with Crippen LogP contribution in [0, 0.1) is 0 Å². The minimum atomic E-state index is -1.11. The summed E-state index contributed by atoms with van der Waals surface area (Å²) >= 11 is 0. The molecular weight excluding hydrogens is 594 g/mol. The van der Waals surface area contributed by atoms with Gasteiger partial charge in [-0.1, -0.05) is 6.07 Å². The van der Waals surface area contributed by atoms with Crippen LogP contribution < -0.4 is 14.8 Å². The lowest BCUT2D eigenvalue weighted by Gasteiger charge is -2.40. The predicted octanol–water partition coefficient (Wildman–Crippen LogP) is 3.52. The molecule has 4 atom stereocenters. The van der Waals surface area contributed by atoms with Gasteiger partial charge in [-0.15, -0.1) is 0 Å². The molecule has 2 bridgehead atoms. The highest BCUT2D eigenvalue weighted by molar-refractivity contribution is 6.00. The van der Waals surface area contributed by atoms with E-state index in [-0.39, 0.29) is 49.2 Å². The van der Waals surface area contributed by atoms with Crippen molar-refractivity contribution in [3.05, 3.63) is 58.7 Å². The number of rotatable bonds is 10. The lowest BCUT2D eigenvalue weighted by Crippen LogP contribution is -2.54. The molecule has 0 spiro atoms. The molecule has 12 heteroatoms. The maximum Gasteiger partial charge on any atom is 0.410 e. The number of hydrogen-bond donors (Lipinski definition) is 2. The molecule has 2 aromatic carbocycles. The Balaban J connectivity index is 1.30. The summed E-state index contributed by atoms with van der Waals surface area (Å²) in [5, 5.41) is 14.2. The highest BCUT2D eigenvalue weighted by atomic mass is 16.7. The number of aliphatic hydroxyl groups is 1. The normalized spacial score (nSPS) is 21.3. The van der Waals surface area contributed by atoms with Crippen molar-refractivity contribution in [1.82, 2.24) is 15.1 Å². The number of ether oxygens (including phenoxy) is 5. The van der Waals surface area contributed by atoms with Gasteiger partial charge in [0, 0.05) is 25.8 Å². The van der Waals surface area contributed by atoms with Crippen molar-refractivity contribution in [2.45, 2.75) is 83.3 Å². The van der Waals surface area contributed by atoms with E-state index in [2.05, 4.69) is 5.32 Å². The van der Waals surface area contributed by atoms with Crippen molar-refractivity contribution < 1.29 is 43.2 Å². The van der Waals surface area contributed by atoms with Crippen molar-refractivity contribution in [2.24, 2.45) is 0 Å². The maximum atomic E-state index is 13.4. The van der Waals surface area contributed by atoms with Crippen LogP contribution in [0.25, 0.3) is 0 Å². The van der Waals surface area contributed by atoms with Gasteiger partial charge in [-0.05, 0) is 88.4 Å². The Kier molecular flexibility index (Phi) is 10.4. The lowest BCUT2D eigenvalue weighted by molar-refractivity contribution is -0.0114. The van der Waals surface area contributed by atoms with Crippen LogP contribution >= 0.6 is 0 Å². The van der Waals surface area contributed by atoms with Gasteiger partial charge >= 0.3 is 6.09 Å². The van der Waals surface area contributed by atoms with Gasteiger partial charge in [-0.3, -0.25) is 14.5 Å². The standard InChI is InChI=1S/C34H45N3O9/c1-6-44-30-15-22(32(40)37-24-9-10-25(37)19-43-18-24)8-12-27(30)31(39)35-16-29(38)28-14-21-7-11-26(45-20-42-5)13-23(21)17-36(28)33(41)46-34(2,3)4/h7-8,11-13,15,24-25,28-29,38H,6,9-10,14,16-20H2,1-5H3,(H,35,39)/t24?,25?,28-,29+/m0/s1. The van der Waals surface area contributed by atoms with E-state index < -0.39 is 29.7 Å². The van der Waals surface area contributed by atoms with E-state index in [1.165, 1.54) is 12.0 Å². The number of fused-ring (bicyclic) bond motifs is 3. The first-order valence-electron chi connectivity index (χ1n) is 15.9. The molecule has 12 nitrogen and oxygen atoms in total. The summed E-state index contributed by atoms with van der Waals surface area (Å²) in [7, 11) is 1.54. The summed E-state index contributed by atoms with van der Waals surface area (Å²) in [6, 6.07) is 9.86. The molecule has 2 fully saturated rings. The third-order valence-corrected chi connectivity index (χ3v) is 8.48. The average molecular weight is 640 g/mol. The first-order valence-corrected chi connectivity index (χ1v) is 15.9. The second-order valence-corrected chi connectivity index (χ2v) is 12.9. The van der Waals surface area contributed by atoms with E-state index in [4.69, 9.17) is 23.7 Å². The number of amides is 3. The van der Waals surface area contributed by atoms with Crippen LogP contribution in [0.1, 0.15) is 72.4 Å². The summed E-state index contributed by atoms with van der Waals surface area (Å²) in [5.41, 5.74) is 1.77. The van der Waals surface area contributed by atoms with Crippen LogP contribution in [0.3, 0.4) is 0 Å². The molecule has 2 unspecified atom stereocenters. The van der Waals surface area contributed by atoms with E-state index >= 15 is 0 Å². The fourth-order valence-electron chi connectivity index (χ4n) is 6.32. The van der Waals surface area contributed by atoms with E-state index in [0.29, 0.717) is 37.6 Å². The van der Waals surface area contributed by atoms with E-state index in [1.54, 1.807) is 45.9 Å². The molecule has 250 valence electrons. The van der Waals surface area contributed by atoms with E-state index in [9.17, 15) is 19.5 Å². The smallest absolute Gasteiger partial charge is 0.410 e. The third kappa shape index (κ3) is 7.56. The lowest BCUT2D eigenvalue weighted by atomic mass is 9.91. The minimum Gasteiger partial charge on any atom is -0.493 e. The molecular formula is C34H45N3O9. The van der Waals surface area contributed by atoms with Crippen molar-refractivity contribution in [3.63, 3.8) is 0 Å². The third-order valence-electron chi connectivity index (χ3n) is 8.48. The molecule has 3 heterocycles. The molecule has 2 aromatic rings. The number of nitrogens with zero attached hydrogens (tertiary/aromatic N) is 2. The van der Waals surface area contributed by atoms with Crippen molar-refractivity contribution in [2.75, 3.05) is 40.3 Å². The quantitative estimate of drug-likeness (QED) is 0.374. The number of benzene rings is 2. The summed E-state index contributed by atoms with van der Waals surface area (Å²) in [4.78, 5) is 43.6. The van der Waals surface area contributed by atoms with E-state index in [0.717, 1.165) is 24.0 Å². The number of carbonyl (C=O) groups excluding carboxylic acids is 3. The number of morpholine rings is 1. The first kappa shape index (κ1) is 33.5. The van der Waals surface area contributed by atoms with Gasteiger partial charge in [-0.25, -0.2) is 4.79 Å². The van der Waals surface area contributed by atoms with Crippen LogP contribution in [-0.2, 0) is 27.2 Å². The second kappa shape index (κ2) is 14.3. The zero-order valence-electron chi connectivity index (χ0n) is 27.2. The molecule has 3 aliphatic heterocycles. The van der Waals surface area contributed by atoms with Crippen molar-refractivity contribution in [3.8, 4) is 11.5 Å². The van der Waals surface area contributed by atoms with Gasteiger partial charge in [0.2, 0.25) is 0 Å². The SMILES string of the molecule is CCOc1cc(C(=O)N2C3CCC2COC3)ccc1C(=O)NC[C@@H](O)[C@@H]1Cc2ccc(OCOC)cc2CN1C(=O)OC(C)(C)C. The van der Waals surface area contributed by atoms with Gasteiger partial charge in [0.1, 0.15) is 17.1 Å². The summed E-state index contributed by atoms with van der Waals surface area (Å²) in [6.07, 6.45) is 0.505. The van der Waals surface area contributed by atoms with E-state index in [1.807, 2.05) is 23.1 Å². The van der Waals surface area contributed by atoms with Gasteiger partial charge in [0.05, 0.1) is 49.6 Å². The fourth-order valence-corrected chi connectivity index (χ4v) is 6.32. The largest absolute Gasteiger partial charge is 0.493 e. The molecule has 0 saturated carbocycles. The van der Waals surface area contributed by atoms with Crippen molar-refractivity contribution >= 4 is 17.9 Å². The number of aliphatic hydroxyl groups excluding tert-OH is 1. The van der Waals surface area contributed by atoms with Crippen LogP contribution in [0.2, 0.25) is 0 Å². The number of nitrogens with one attached hydrogen (secondary N) is 1. The monoisotopic (exact) mass is 639 g/mol. The van der Waals surface area contributed by atoms with Crippen LogP contribution in [0.4, 0.5) is 4.79 Å². The molecule has 0 aromatic heterocycles. The molecule has 2 saturated heterocycles. The Morgan fingerprint density at radius 3 is 2.46 bits per heavy atom. The minimum absolute atomic E-state index is 0.0595. The van der Waals surface area contributed by atoms with Crippen LogP contribution in [0.5, 0.6) is 11.5 Å². The Morgan fingerprint density at radius 2 is 1.78 bits per heavy atom. The topological polar surface area (TPSA) is 136 Å². The predicted molar refractivity (Wildman–Crippen MR) is 168 cm³/mol. The second-order valence-electron chi connectivity index (χ2n) is 12.9. The zero-order chi connectivity index (χ0) is 33.0. The summed E-state index contributed by atoms with van der Waals surface area (Å²) in [5.74, 6) is 0.324. The Morgan fingerprint density at radius 1 is 1.04 bits per heavy atom. The van der Waals surface area contributed by atoms with Crippen LogP contribution in [0.15, 0.2) is 36.4 Å². The zero-order valence-corrected chi connectivity index (χ0v) is 27.2. The average Bonchev–Trinajstić information content (AvgIpc) is 3.27. The Labute approximate surface area is 269 Å². The van der Waals surface area contributed by atoms with Crippen LogP contribution in [-0.4, -0.2) is 103 Å². The number of hydrogen-bond acceptors (Lipinski definition) is 9. The maximum absolute atomic E-state index is 13.4. The molecule has 3 aliphatic rings. The van der Waals surface area contributed by atoms with Gasteiger partial charge in [-0.2, -0.15) is 0 Å². The van der Waals surface area contributed by atoms with Gasteiger partial charge in [0.15, 0.2) is 6.79 Å². The highest BCUT2D eigenvalue weighted by Gasteiger charge is 2.41. The Bertz CT molecular complexity index is 1410. The number of methoxy groups -OCH3 is 1. The molecule has 2 N–H and O–H groups in total. The Hall–Kier alpha value is -3.87. The van der Waals surface area contributed by atoms with Crippen molar-refractivity contribution in [1.29, 1.82) is 0 Å². The fraction of sp³-hybridized carbons (Fsp3) is 0.559. The highest BCUT2D eigenvalue weighted by Crippen LogP contribution is 2.32. The first-order chi connectivity index (χ1) is 22.0. The summed E-state index contributed by atoms with van der Waals surface area (Å²) < 4.78 is 27.7. The van der Waals surface area contributed by atoms with Gasteiger partial charge < -0.3 is 39.0 Å². The number of carbonyl (C=O) groups is 3. The molecule has 0 radical (unpaired) electrons. The summed E-state index contributed by atoms with van der Waals surface area (Å²) in [6.45, 7) is 8.68. The molecule has 3 amide bonds. The molecule has 5 rings (SSSR count).